The highest BCUT2D eigenvalue weighted by Gasteiger charge is 2.32. The smallest absolute Gasteiger partial charge is 0.310 e. The third-order valence-corrected chi connectivity index (χ3v) is 6.36. The SMILES string of the molecule is CCS(=O)(=O)c1cc(C(=O)N(C)OC)cnc1-c1nc2cc(C(F)(F)F)cnc2n1C. The number of sulfone groups is 1. The molecule has 13 heteroatoms. The van der Waals surface area contributed by atoms with Crippen LogP contribution in [0.5, 0.6) is 0 Å². The number of nitrogens with zero attached hydrogens (tertiary/aromatic N) is 5. The molecule has 3 rings (SSSR count). The minimum atomic E-state index is -4.61. The summed E-state index contributed by atoms with van der Waals surface area (Å²) in [6, 6.07) is 1.97. The number of hydrogen-bond acceptors (Lipinski definition) is 7. The zero-order chi connectivity index (χ0) is 23.1. The second-order valence-electron chi connectivity index (χ2n) is 6.52. The Kier molecular flexibility index (Phi) is 5.76. The molecule has 0 aliphatic heterocycles. The first-order valence-electron chi connectivity index (χ1n) is 8.85. The lowest BCUT2D eigenvalue weighted by Crippen LogP contribution is -2.26. The summed E-state index contributed by atoms with van der Waals surface area (Å²) in [5.41, 5.74) is -1.09. The van der Waals surface area contributed by atoms with E-state index in [1.165, 1.54) is 32.7 Å². The van der Waals surface area contributed by atoms with Gasteiger partial charge in [0.25, 0.3) is 5.91 Å². The van der Waals surface area contributed by atoms with Crippen LogP contribution < -0.4 is 0 Å². The Morgan fingerprint density at radius 3 is 2.48 bits per heavy atom. The number of imidazole rings is 1. The Hall–Kier alpha value is -3.06. The summed E-state index contributed by atoms with van der Waals surface area (Å²) in [6.45, 7) is 1.42. The molecule has 0 fully saturated rings. The van der Waals surface area contributed by atoms with Crippen molar-refractivity contribution in [1.82, 2.24) is 24.6 Å². The quantitative estimate of drug-likeness (QED) is 0.542. The normalized spacial score (nSPS) is 12.4. The van der Waals surface area contributed by atoms with Crippen molar-refractivity contribution in [3.63, 3.8) is 0 Å². The van der Waals surface area contributed by atoms with Crippen molar-refractivity contribution in [2.75, 3.05) is 19.9 Å². The van der Waals surface area contributed by atoms with Crippen molar-refractivity contribution in [2.24, 2.45) is 7.05 Å². The Morgan fingerprint density at radius 2 is 1.90 bits per heavy atom. The third kappa shape index (κ3) is 4.10. The lowest BCUT2D eigenvalue weighted by atomic mass is 10.2. The largest absolute Gasteiger partial charge is 0.417 e. The number of halogens is 3. The first-order chi connectivity index (χ1) is 14.4. The number of alkyl halides is 3. The molecule has 3 heterocycles. The lowest BCUT2D eigenvalue weighted by Gasteiger charge is -2.15. The van der Waals surface area contributed by atoms with Crippen molar-refractivity contribution in [3.8, 4) is 11.5 Å². The standard InChI is InChI=1S/C18H18F3N5O4S/c1-5-31(28,29)13-6-10(17(27)26(3)30-4)8-22-14(13)16-24-12-7-11(18(19,20)21)9-23-15(12)25(16)2/h6-9H,5H2,1-4H3. The van der Waals surface area contributed by atoms with Crippen molar-refractivity contribution in [1.29, 1.82) is 0 Å². The average Bonchev–Trinajstić information content (AvgIpc) is 3.07. The van der Waals surface area contributed by atoms with Gasteiger partial charge in [0.05, 0.1) is 28.9 Å². The van der Waals surface area contributed by atoms with E-state index in [4.69, 9.17) is 4.84 Å². The third-order valence-electron chi connectivity index (χ3n) is 4.62. The molecule has 0 spiro atoms. The Labute approximate surface area is 175 Å². The summed E-state index contributed by atoms with van der Waals surface area (Å²) in [7, 11) is 0.216. The van der Waals surface area contributed by atoms with Crippen LogP contribution in [0.4, 0.5) is 13.2 Å². The number of aromatic nitrogens is 4. The molecule has 0 atom stereocenters. The Bertz CT molecular complexity index is 1270. The molecule has 0 saturated carbocycles. The highest BCUT2D eigenvalue weighted by atomic mass is 32.2. The predicted octanol–water partition coefficient (Wildman–Crippen LogP) is 2.48. The number of fused-ring (bicyclic) bond motifs is 1. The molecule has 0 aromatic carbocycles. The van der Waals surface area contributed by atoms with Crippen LogP contribution in [0.3, 0.4) is 0 Å². The van der Waals surface area contributed by atoms with Crippen LogP contribution in [0, 0.1) is 0 Å². The molecule has 0 N–H and O–H groups in total. The van der Waals surface area contributed by atoms with Crippen molar-refractivity contribution < 1.29 is 31.2 Å². The van der Waals surface area contributed by atoms with E-state index >= 15 is 0 Å². The van der Waals surface area contributed by atoms with Gasteiger partial charge in [0, 0.05) is 26.5 Å². The number of aryl methyl sites for hydroxylation is 1. The molecular weight excluding hydrogens is 439 g/mol. The van der Waals surface area contributed by atoms with Crippen LogP contribution in [0.2, 0.25) is 0 Å². The van der Waals surface area contributed by atoms with Gasteiger partial charge in [-0.15, -0.1) is 0 Å². The first-order valence-corrected chi connectivity index (χ1v) is 10.5. The molecule has 0 bridgehead atoms. The van der Waals surface area contributed by atoms with Gasteiger partial charge in [-0.05, 0) is 12.1 Å². The van der Waals surface area contributed by atoms with Gasteiger partial charge in [-0.25, -0.2) is 23.4 Å². The maximum atomic E-state index is 13.0. The zero-order valence-corrected chi connectivity index (χ0v) is 17.7. The van der Waals surface area contributed by atoms with E-state index in [0.717, 1.165) is 23.4 Å². The summed E-state index contributed by atoms with van der Waals surface area (Å²) in [6.07, 6.45) is -2.79. The molecule has 0 radical (unpaired) electrons. The van der Waals surface area contributed by atoms with E-state index < -0.39 is 27.5 Å². The van der Waals surface area contributed by atoms with Crippen molar-refractivity contribution >= 4 is 26.9 Å². The van der Waals surface area contributed by atoms with Gasteiger partial charge in [0.1, 0.15) is 11.2 Å². The highest BCUT2D eigenvalue weighted by molar-refractivity contribution is 7.91. The number of hydrogen-bond donors (Lipinski definition) is 0. The fourth-order valence-electron chi connectivity index (χ4n) is 2.83. The fraction of sp³-hybridized carbons (Fsp3) is 0.333. The molecule has 3 aromatic heterocycles. The van der Waals surface area contributed by atoms with Crippen LogP contribution in [0.1, 0.15) is 22.8 Å². The summed E-state index contributed by atoms with van der Waals surface area (Å²) < 4.78 is 65.8. The second-order valence-corrected chi connectivity index (χ2v) is 8.76. The zero-order valence-electron chi connectivity index (χ0n) is 16.9. The number of carbonyl (C=O) groups is 1. The van der Waals surface area contributed by atoms with Crippen molar-refractivity contribution in [3.05, 3.63) is 35.7 Å². The number of carbonyl (C=O) groups excluding carboxylic acids is 1. The topological polar surface area (TPSA) is 107 Å². The molecule has 1 amide bonds. The van der Waals surface area contributed by atoms with Gasteiger partial charge in [-0.3, -0.25) is 14.6 Å². The molecule has 9 nitrogen and oxygen atoms in total. The van der Waals surface area contributed by atoms with E-state index in [2.05, 4.69) is 15.0 Å². The van der Waals surface area contributed by atoms with Crippen molar-refractivity contribution in [2.45, 2.75) is 18.0 Å². The van der Waals surface area contributed by atoms with Gasteiger partial charge >= 0.3 is 6.18 Å². The van der Waals surface area contributed by atoms with Gasteiger partial charge < -0.3 is 4.57 Å². The van der Waals surface area contributed by atoms with Crippen LogP contribution in [0.25, 0.3) is 22.7 Å². The molecule has 0 unspecified atom stereocenters. The van der Waals surface area contributed by atoms with E-state index in [0.29, 0.717) is 6.20 Å². The maximum Gasteiger partial charge on any atom is 0.417 e. The molecule has 0 saturated heterocycles. The Morgan fingerprint density at radius 1 is 1.23 bits per heavy atom. The first kappa shape index (κ1) is 22.6. The minimum absolute atomic E-state index is 0.00653. The number of amides is 1. The highest BCUT2D eigenvalue weighted by Crippen LogP contribution is 2.33. The van der Waals surface area contributed by atoms with Crippen LogP contribution in [-0.2, 0) is 27.9 Å². The van der Waals surface area contributed by atoms with E-state index in [1.54, 1.807) is 0 Å². The Balaban J connectivity index is 2.25. The van der Waals surface area contributed by atoms with Gasteiger partial charge in [0.15, 0.2) is 21.3 Å². The van der Waals surface area contributed by atoms with Crippen LogP contribution in [-0.4, -0.2) is 58.8 Å². The number of pyridine rings is 2. The minimum Gasteiger partial charge on any atom is -0.310 e. The fourth-order valence-corrected chi connectivity index (χ4v) is 3.89. The molecule has 0 aliphatic carbocycles. The summed E-state index contributed by atoms with van der Waals surface area (Å²) in [5, 5.41) is 0.899. The van der Waals surface area contributed by atoms with Gasteiger partial charge in [-0.1, -0.05) is 6.92 Å². The lowest BCUT2D eigenvalue weighted by molar-refractivity contribution is -0.137. The van der Waals surface area contributed by atoms with E-state index in [9.17, 15) is 26.4 Å². The summed E-state index contributed by atoms with van der Waals surface area (Å²) in [5.74, 6) is -0.927. The monoisotopic (exact) mass is 457 g/mol. The number of rotatable bonds is 5. The van der Waals surface area contributed by atoms with Gasteiger partial charge in [0.2, 0.25) is 0 Å². The van der Waals surface area contributed by atoms with Crippen LogP contribution >= 0.6 is 0 Å². The van der Waals surface area contributed by atoms with Crippen LogP contribution in [0.15, 0.2) is 29.4 Å². The second kappa shape index (κ2) is 7.89. The average molecular weight is 457 g/mol. The summed E-state index contributed by atoms with van der Waals surface area (Å²) in [4.78, 5) is 29.0. The number of hydroxylamine groups is 2. The molecule has 3 aromatic rings. The van der Waals surface area contributed by atoms with E-state index in [-0.39, 0.29) is 38.9 Å². The molecule has 0 aliphatic rings. The maximum absolute atomic E-state index is 13.0. The van der Waals surface area contributed by atoms with E-state index in [1.807, 2.05) is 0 Å². The molecule has 31 heavy (non-hydrogen) atoms. The molecular formula is C18H18F3N5O4S. The van der Waals surface area contributed by atoms with Gasteiger partial charge in [-0.2, -0.15) is 13.2 Å². The summed E-state index contributed by atoms with van der Waals surface area (Å²) >= 11 is 0. The molecule has 166 valence electrons. The predicted molar refractivity (Wildman–Crippen MR) is 104 cm³/mol.